The van der Waals surface area contributed by atoms with Crippen molar-refractivity contribution in [2.45, 2.75) is 0 Å². The van der Waals surface area contributed by atoms with E-state index in [0.717, 1.165) is 5.67 Å². The minimum Gasteiger partial charge on any atom is -0.384 e. The lowest BCUT2D eigenvalue weighted by Gasteiger charge is -1.99. The molecule has 0 amide bonds. The van der Waals surface area contributed by atoms with E-state index in [1.807, 2.05) is 0 Å². The Kier molecular flexibility index (Phi) is 2.28. The lowest BCUT2D eigenvalue weighted by Crippen LogP contribution is -2.05. The second kappa shape index (κ2) is 3.21. The third-order valence-corrected chi connectivity index (χ3v) is 1.17. The molecule has 0 aliphatic carbocycles. The van der Waals surface area contributed by atoms with Crippen LogP contribution in [0.1, 0.15) is 0 Å². The summed E-state index contributed by atoms with van der Waals surface area (Å²) in [6.45, 7) is 3.50. The van der Waals surface area contributed by atoms with Crippen LogP contribution >= 0.6 is 11.6 Å². The summed E-state index contributed by atoms with van der Waals surface area (Å²) in [5.41, 5.74) is 6.53. The normalized spacial score (nSPS) is 10.6. The topological polar surface area (TPSA) is 56.2 Å². The predicted molar refractivity (Wildman–Crippen MR) is 45.7 cm³/mol. The van der Waals surface area contributed by atoms with E-state index >= 15 is 0 Å². The van der Waals surface area contributed by atoms with Crippen LogP contribution in [0.4, 0.5) is 5.82 Å². The monoisotopic (exact) mass is 170 g/mol. The Morgan fingerprint density at radius 1 is 1.91 bits per heavy atom. The van der Waals surface area contributed by atoms with Crippen molar-refractivity contribution in [2.24, 2.45) is 10.7 Å². The first kappa shape index (κ1) is 7.81. The molecule has 1 heterocycles. The van der Waals surface area contributed by atoms with Crippen molar-refractivity contribution in [3.05, 3.63) is 18.8 Å². The lowest BCUT2D eigenvalue weighted by atomic mass is 10.6. The highest BCUT2D eigenvalue weighted by Gasteiger charge is 1.98. The molecule has 1 aromatic heterocycles. The Labute approximate surface area is 69.0 Å². The van der Waals surface area contributed by atoms with Crippen LogP contribution in [0.15, 0.2) is 23.8 Å². The SMILES string of the molecule is C=C(N)n1nccc1/N=C/Cl. The summed E-state index contributed by atoms with van der Waals surface area (Å²) in [6.07, 6.45) is 1.57. The predicted octanol–water partition coefficient (Wildman–Crippen LogP) is 1.17. The van der Waals surface area contributed by atoms with Gasteiger partial charge in [0.15, 0.2) is 5.82 Å². The van der Waals surface area contributed by atoms with Gasteiger partial charge in [0.1, 0.15) is 5.82 Å². The first-order chi connectivity index (χ1) is 5.25. The van der Waals surface area contributed by atoms with E-state index in [0.29, 0.717) is 11.6 Å². The largest absolute Gasteiger partial charge is 0.384 e. The molecule has 4 nitrogen and oxygen atoms in total. The fourth-order valence-corrected chi connectivity index (χ4v) is 0.765. The van der Waals surface area contributed by atoms with Crippen LogP contribution in [0.5, 0.6) is 0 Å². The van der Waals surface area contributed by atoms with E-state index in [2.05, 4.69) is 16.7 Å². The number of hydrogen-bond donors (Lipinski definition) is 1. The maximum atomic E-state index is 5.38. The molecule has 0 aliphatic rings. The van der Waals surface area contributed by atoms with Crippen molar-refractivity contribution in [1.29, 1.82) is 0 Å². The zero-order valence-electron chi connectivity index (χ0n) is 5.74. The Hall–Kier alpha value is -1.29. The van der Waals surface area contributed by atoms with Crippen LogP contribution in [0.2, 0.25) is 0 Å². The fraction of sp³-hybridized carbons (Fsp3) is 0. The van der Waals surface area contributed by atoms with Crippen molar-refractivity contribution < 1.29 is 0 Å². The van der Waals surface area contributed by atoms with E-state index in [1.165, 1.54) is 4.68 Å². The Bertz CT molecular complexity index is 289. The van der Waals surface area contributed by atoms with Gasteiger partial charge < -0.3 is 5.73 Å². The van der Waals surface area contributed by atoms with Gasteiger partial charge in [0, 0.05) is 6.07 Å². The van der Waals surface area contributed by atoms with Gasteiger partial charge in [-0.25, -0.2) is 9.67 Å². The highest BCUT2D eigenvalue weighted by Crippen LogP contribution is 2.11. The zero-order chi connectivity index (χ0) is 8.27. The number of halogens is 1. The van der Waals surface area contributed by atoms with Crippen molar-refractivity contribution in [3.8, 4) is 0 Å². The van der Waals surface area contributed by atoms with Crippen LogP contribution in [0.3, 0.4) is 0 Å². The summed E-state index contributed by atoms with van der Waals surface area (Å²) in [6, 6.07) is 1.68. The molecular formula is C6H7ClN4. The molecule has 0 aromatic carbocycles. The number of aromatic nitrogens is 2. The number of nitrogens with zero attached hydrogens (tertiary/aromatic N) is 3. The molecule has 0 radical (unpaired) electrons. The molecule has 58 valence electrons. The van der Waals surface area contributed by atoms with Crippen LogP contribution in [-0.2, 0) is 0 Å². The van der Waals surface area contributed by atoms with Gasteiger partial charge in [0.2, 0.25) is 0 Å². The fourth-order valence-electron chi connectivity index (χ4n) is 0.665. The molecule has 11 heavy (non-hydrogen) atoms. The molecule has 0 aliphatic heterocycles. The van der Waals surface area contributed by atoms with Gasteiger partial charge in [0.05, 0.1) is 11.9 Å². The third kappa shape index (κ3) is 1.59. The van der Waals surface area contributed by atoms with Gasteiger partial charge in [-0.3, -0.25) is 0 Å². The average molecular weight is 171 g/mol. The molecule has 0 unspecified atom stereocenters. The molecule has 0 atom stereocenters. The van der Waals surface area contributed by atoms with Crippen LogP contribution in [0, 0.1) is 0 Å². The van der Waals surface area contributed by atoms with Gasteiger partial charge >= 0.3 is 0 Å². The summed E-state index contributed by atoms with van der Waals surface area (Å²) < 4.78 is 1.39. The van der Waals surface area contributed by atoms with Crippen molar-refractivity contribution >= 4 is 28.9 Å². The average Bonchev–Trinajstić information content (AvgIpc) is 2.36. The molecule has 1 rings (SSSR count). The third-order valence-electron chi connectivity index (χ3n) is 1.08. The van der Waals surface area contributed by atoms with E-state index in [4.69, 9.17) is 17.3 Å². The first-order valence-electron chi connectivity index (χ1n) is 2.87. The zero-order valence-corrected chi connectivity index (χ0v) is 6.49. The summed E-state index contributed by atoms with van der Waals surface area (Å²) in [7, 11) is 0. The number of hydrogen-bond acceptors (Lipinski definition) is 3. The standard InChI is InChI=1S/C6H7ClN4/c1-5(8)11-6(9-4-7)2-3-10-11/h2-4H,1,8H2/b9-4+. The second-order valence-electron chi connectivity index (χ2n) is 1.82. The Balaban J connectivity index is 3.05. The minimum absolute atomic E-state index is 0.312. The molecule has 0 bridgehead atoms. The van der Waals surface area contributed by atoms with Gasteiger partial charge in [-0.05, 0) is 0 Å². The summed E-state index contributed by atoms with van der Waals surface area (Å²) in [5, 5.41) is 3.85. The quantitative estimate of drug-likeness (QED) is 0.678. The summed E-state index contributed by atoms with van der Waals surface area (Å²) in [4.78, 5) is 3.79. The molecule has 0 saturated heterocycles. The highest BCUT2D eigenvalue weighted by atomic mass is 35.5. The minimum atomic E-state index is 0.312. The lowest BCUT2D eigenvalue weighted by molar-refractivity contribution is 0.890. The molecule has 0 fully saturated rings. The van der Waals surface area contributed by atoms with Crippen LogP contribution < -0.4 is 5.73 Å². The van der Waals surface area contributed by atoms with Crippen LogP contribution in [0.25, 0.3) is 5.82 Å². The molecule has 1 aromatic rings. The molecule has 2 N–H and O–H groups in total. The maximum Gasteiger partial charge on any atom is 0.158 e. The molecular weight excluding hydrogens is 164 g/mol. The van der Waals surface area contributed by atoms with Crippen molar-refractivity contribution in [1.82, 2.24) is 9.78 Å². The van der Waals surface area contributed by atoms with Crippen LogP contribution in [-0.4, -0.2) is 15.5 Å². The first-order valence-corrected chi connectivity index (χ1v) is 3.31. The second-order valence-corrected chi connectivity index (χ2v) is 2.01. The van der Waals surface area contributed by atoms with Gasteiger partial charge in [0.25, 0.3) is 0 Å². The van der Waals surface area contributed by atoms with E-state index in [1.54, 1.807) is 12.3 Å². The molecule has 0 spiro atoms. The maximum absolute atomic E-state index is 5.38. The number of aliphatic imine (C=N–C) groups is 1. The summed E-state index contributed by atoms with van der Waals surface area (Å²) >= 11 is 5.27. The van der Waals surface area contributed by atoms with Crippen molar-refractivity contribution in [2.75, 3.05) is 0 Å². The number of nitrogens with two attached hydrogens (primary N) is 1. The summed E-state index contributed by atoms with van der Waals surface area (Å²) in [5.74, 6) is 0.875. The van der Waals surface area contributed by atoms with E-state index < -0.39 is 0 Å². The molecule has 0 saturated carbocycles. The van der Waals surface area contributed by atoms with Gasteiger partial charge in [-0.2, -0.15) is 5.10 Å². The smallest absolute Gasteiger partial charge is 0.158 e. The van der Waals surface area contributed by atoms with Crippen molar-refractivity contribution in [3.63, 3.8) is 0 Å². The Morgan fingerprint density at radius 3 is 3.18 bits per heavy atom. The van der Waals surface area contributed by atoms with Gasteiger partial charge in [-0.1, -0.05) is 18.2 Å². The van der Waals surface area contributed by atoms with Gasteiger partial charge in [-0.15, -0.1) is 0 Å². The van der Waals surface area contributed by atoms with E-state index in [-0.39, 0.29) is 0 Å². The number of rotatable bonds is 2. The highest BCUT2D eigenvalue weighted by molar-refractivity contribution is 6.56. The molecule has 5 heteroatoms. The Morgan fingerprint density at radius 2 is 2.64 bits per heavy atom. The van der Waals surface area contributed by atoms with E-state index in [9.17, 15) is 0 Å².